The lowest BCUT2D eigenvalue weighted by atomic mass is 10.0. The summed E-state index contributed by atoms with van der Waals surface area (Å²) in [6.45, 7) is 1.38. The Hall–Kier alpha value is -3.09. The van der Waals surface area contributed by atoms with Crippen LogP contribution in [0.5, 0.6) is 0 Å². The fraction of sp³-hybridized carbons (Fsp3) is 0.167. The molecule has 1 saturated heterocycles. The van der Waals surface area contributed by atoms with Crippen molar-refractivity contribution in [2.75, 3.05) is 19.7 Å². The summed E-state index contributed by atoms with van der Waals surface area (Å²) in [6.07, 6.45) is -0.270. The number of carbonyl (C=O) groups excluding carboxylic acids is 1. The first kappa shape index (κ1) is 18.9. The summed E-state index contributed by atoms with van der Waals surface area (Å²) in [7, 11) is 0. The Morgan fingerprint density at radius 3 is 2.73 bits per heavy atom. The summed E-state index contributed by atoms with van der Waals surface area (Å²) in [6, 6.07) is 19.9. The van der Waals surface area contributed by atoms with E-state index < -0.39 is 0 Å². The average molecular weight is 418 g/mol. The first-order valence-corrected chi connectivity index (χ1v) is 10.7. The monoisotopic (exact) mass is 418 g/mol. The molecule has 4 aromatic rings. The number of thiophene rings is 1. The van der Waals surface area contributed by atoms with Gasteiger partial charge in [0, 0.05) is 11.9 Å². The number of hydrogen-bond acceptors (Lipinski definition) is 4. The Balaban J connectivity index is 1.50. The number of morpholine rings is 1. The lowest BCUT2D eigenvalue weighted by molar-refractivity contribution is -0.0227. The smallest absolute Gasteiger partial charge is 0.254 e. The molecule has 0 aliphatic carbocycles. The Morgan fingerprint density at radius 1 is 1.10 bits per heavy atom. The highest BCUT2D eigenvalue weighted by molar-refractivity contribution is 7.13. The van der Waals surface area contributed by atoms with Crippen molar-refractivity contribution in [1.82, 2.24) is 9.88 Å². The van der Waals surface area contributed by atoms with Gasteiger partial charge in [0.2, 0.25) is 0 Å². The molecule has 1 aliphatic heterocycles. The normalized spacial score (nSPS) is 16.7. The number of ether oxygens (including phenoxy) is 1. The third-order valence-corrected chi connectivity index (χ3v) is 6.21. The zero-order valence-corrected chi connectivity index (χ0v) is 16.9. The molecule has 30 heavy (non-hydrogen) atoms. The molecule has 3 heterocycles. The van der Waals surface area contributed by atoms with Crippen molar-refractivity contribution in [2.45, 2.75) is 6.10 Å². The lowest BCUT2D eigenvalue weighted by Crippen LogP contribution is -2.42. The quantitative estimate of drug-likeness (QED) is 0.452. The molecular weight excluding hydrogens is 399 g/mol. The van der Waals surface area contributed by atoms with Crippen molar-refractivity contribution >= 4 is 28.1 Å². The van der Waals surface area contributed by atoms with Crippen molar-refractivity contribution in [3.05, 3.63) is 89.1 Å². The van der Waals surface area contributed by atoms with Crippen molar-refractivity contribution in [3.8, 4) is 10.6 Å². The molecule has 4 nitrogen and oxygen atoms in total. The average Bonchev–Trinajstić information content (AvgIpc) is 3.33. The highest BCUT2D eigenvalue weighted by Gasteiger charge is 2.27. The minimum absolute atomic E-state index is 0.0400. The maximum absolute atomic E-state index is 13.6. The number of rotatable bonds is 3. The van der Waals surface area contributed by atoms with Gasteiger partial charge in [0.05, 0.1) is 34.8 Å². The van der Waals surface area contributed by atoms with Gasteiger partial charge >= 0.3 is 0 Å². The molecule has 2 aromatic heterocycles. The Bertz CT molecular complexity index is 1190. The summed E-state index contributed by atoms with van der Waals surface area (Å²) < 4.78 is 19.1. The van der Waals surface area contributed by atoms with E-state index in [2.05, 4.69) is 0 Å². The van der Waals surface area contributed by atoms with Crippen LogP contribution in [-0.4, -0.2) is 35.5 Å². The predicted octanol–water partition coefficient (Wildman–Crippen LogP) is 5.32. The summed E-state index contributed by atoms with van der Waals surface area (Å²) in [5, 5.41) is 2.84. The molecule has 0 bridgehead atoms. The molecular formula is C24H19FN2O2S. The largest absolute Gasteiger partial charge is 0.370 e. The molecule has 1 fully saturated rings. The highest BCUT2D eigenvalue weighted by Crippen LogP contribution is 2.30. The van der Waals surface area contributed by atoms with Crippen molar-refractivity contribution in [3.63, 3.8) is 0 Å². The number of halogens is 1. The molecule has 1 aliphatic rings. The van der Waals surface area contributed by atoms with Crippen molar-refractivity contribution in [2.24, 2.45) is 0 Å². The molecule has 150 valence electrons. The second-order valence-corrected chi connectivity index (χ2v) is 8.16. The Labute approximate surface area is 177 Å². The van der Waals surface area contributed by atoms with Crippen molar-refractivity contribution in [1.29, 1.82) is 0 Å². The maximum Gasteiger partial charge on any atom is 0.254 e. The number of amides is 1. The summed E-state index contributed by atoms with van der Waals surface area (Å²) in [5.74, 6) is -0.325. The van der Waals surface area contributed by atoms with E-state index in [1.54, 1.807) is 23.5 Å². The van der Waals surface area contributed by atoms with Crippen LogP contribution in [-0.2, 0) is 4.74 Å². The van der Waals surface area contributed by atoms with Gasteiger partial charge in [-0.3, -0.25) is 4.79 Å². The van der Waals surface area contributed by atoms with Crippen LogP contribution in [0.15, 0.2) is 72.1 Å². The van der Waals surface area contributed by atoms with Crippen molar-refractivity contribution < 1.29 is 13.9 Å². The minimum atomic E-state index is -0.285. The van der Waals surface area contributed by atoms with Crippen LogP contribution in [0, 0.1) is 5.82 Å². The summed E-state index contributed by atoms with van der Waals surface area (Å²) in [4.78, 5) is 21.2. The summed E-state index contributed by atoms with van der Waals surface area (Å²) in [5.41, 5.74) is 3.11. The second kappa shape index (κ2) is 7.97. The summed E-state index contributed by atoms with van der Waals surface area (Å²) >= 11 is 1.60. The number of hydrogen-bond donors (Lipinski definition) is 0. The Morgan fingerprint density at radius 2 is 1.93 bits per heavy atom. The van der Waals surface area contributed by atoms with Crippen LogP contribution in [0.3, 0.4) is 0 Å². The fourth-order valence-corrected chi connectivity index (χ4v) is 4.47. The number of pyridine rings is 1. The molecule has 0 N–H and O–H groups in total. The van der Waals surface area contributed by atoms with E-state index in [0.717, 1.165) is 27.0 Å². The van der Waals surface area contributed by atoms with E-state index in [1.807, 2.05) is 52.7 Å². The van der Waals surface area contributed by atoms with Gasteiger partial charge in [0.1, 0.15) is 11.9 Å². The van der Waals surface area contributed by atoms with Gasteiger partial charge in [-0.15, -0.1) is 11.3 Å². The van der Waals surface area contributed by atoms with E-state index >= 15 is 0 Å². The van der Waals surface area contributed by atoms with E-state index in [1.165, 1.54) is 12.1 Å². The third-order valence-electron chi connectivity index (χ3n) is 5.32. The molecule has 2 aromatic carbocycles. The van der Waals surface area contributed by atoms with Gasteiger partial charge in [-0.1, -0.05) is 36.4 Å². The standard InChI is InChI=1S/C24H19FN2O2S/c25-17-9-7-16(8-10-17)22-15-27(11-12-29-22)24(28)19-14-21(23-6-3-13-30-23)26-20-5-2-1-4-18(19)20/h1-10,13-14,22H,11-12,15H2. The number of carbonyl (C=O) groups is 1. The number of benzene rings is 2. The fourth-order valence-electron chi connectivity index (χ4n) is 3.79. The molecule has 1 atom stereocenters. The van der Waals surface area contributed by atoms with E-state index in [9.17, 15) is 9.18 Å². The van der Waals surface area contributed by atoms with Gasteiger partial charge in [0.15, 0.2) is 0 Å². The second-order valence-electron chi connectivity index (χ2n) is 7.21. The van der Waals surface area contributed by atoms with Gasteiger partial charge in [-0.05, 0) is 41.3 Å². The van der Waals surface area contributed by atoms with Gasteiger partial charge in [-0.2, -0.15) is 0 Å². The lowest BCUT2D eigenvalue weighted by Gasteiger charge is -2.33. The van der Waals surface area contributed by atoms with E-state index in [-0.39, 0.29) is 17.8 Å². The molecule has 0 spiro atoms. The van der Waals surface area contributed by atoms with Gasteiger partial charge in [-0.25, -0.2) is 9.37 Å². The number of fused-ring (bicyclic) bond motifs is 1. The molecule has 1 amide bonds. The van der Waals surface area contributed by atoms with Crippen LogP contribution in [0.1, 0.15) is 22.0 Å². The molecule has 5 rings (SSSR count). The zero-order chi connectivity index (χ0) is 20.5. The van der Waals surface area contributed by atoms with Crippen LogP contribution in [0.4, 0.5) is 4.39 Å². The highest BCUT2D eigenvalue weighted by atomic mass is 32.1. The molecule has 6 heteroatoms. The first-order chi connectivity index (χ1) is 14.7. The zero-order valence-electron chi connectivity index (χ0n) is 16.1. The SMILES string of the molecule is O=C(c1cc(-c2cccs2)nc2ccccc12)N1CCOC(c2ccc(F)cc2)C1. The number of aromatic nitrogens is 1. The van der Waals surface area contributed by atoms with E-state index in [4.69, 9.17) is 9.72 Å². The minimum Gasteiger partial charge on any atom is -0.370 e. The number of nitrogens with zero attached hydrogens (tertiary/aromatic N) is 2. The molecule has 1 unspecified atom stereocenters. The Kier molecular flexibility index (Phi) is 5.02. The number of para-hydroxylation sites is 1. The first-order valence-electron chi connectivity index (χ1n) is 9.79. The van der Waals surface area contributed by atoms with E-state index in [0.29, 0.717) is 25.3 Å². The van der Waals surface area contributed by atoms with Crippen LogP contribution >= 0.6 is 11.3 Å². The molecule has 0 radical (unpaired) electrons. The van der Waals surface area contributed by atoms with Crippen LogP contribution in [0.25, 0.3) is 21.5 Å². The molecule has 0 saturated carbocycles. The third kappa shape index (κ3) is 3.60. The van der Waals surface area contributed by atoms with Crippen LogP contribution < -0.4 is 0 Å². The van der Waals surface area contributed by atoms with Gasteiger partial charge < -0.3 is 9.64 Å². The predicted molar refractivity (Wildman–Crippen MR) is 116 cm³/mol. The maximum atomic E-state index is 13.6. The van der Waals surface area contributed by atoms with Gasteiger partial charge in [0.25, 0.3) is 5.91 Å². The van der Waals surface area contributed by atoms with Crippen LogP contribution in [0.2, 0.25) is 0 Å². The topological polar surface area (TPSA) is 42.4 Å².